The summed E-state index contributed by atoms with van der Waals surface area (Å²) in [6, 6.07) is 0. The van der Waals surface area contributed by atoms with Crippen LogP contribution < -0.4 is 0 Å². The zero-order valence-electron chi connectivity index (χ0n) is 64.1. The van der Waals surface area contributed by atoms with Crippen LogP contribution in [0, 0.1) is 0 Å². The van der Waals surface area contributed by atoms with Crippen molar-refractivity contribution in [3.8, 4) is 0 Å². The number of allylic oxidation sites excluding steroid dienone is 8. The first-order valence-corrected chi connectivity index (χ1v) is 43.9. The molecule has 0 bridgehead atoms. The molecule has 0 radical (unpaired) electrons. The van der Waals surface area contributed by atoms with Crippen LogP contribution in [0.1, 0.15) is 387 Å². The summed E-state index contributed by atoms with van der Waals surface area (Å²) in [6.45, 7) is 4.90. The van der Waals surface area contributed by atoms with Crippen LogP contribution >= 0.6 is 15.6 Å². The van der Waals surface area contributed by atoms with Gasteiger partial charge < -0.3 is 33.8 Å². The summed E-state index contributed by atoms with van der Waals surface area (Å²) in [6.07, 6.45) is 72.2. The minimum absolute atomic E-state index is 0.0884. The molecule has 4 unspecified atom stereocenters. The maximum Gasteiger partial charge on any atom is 0.472 e. The van der Waals surface area contributed by atoms with Crippen molar-refractivity contribution >= 4 is 39.5 Å². The van der Waals surface area contributed by atoms with Crippen molar-refractivity contribution in [2.24, 2.45) is 0 Å². The highest BCUT2D eigenvalue weighted by atomic mass is 31.2. The number of rotatable bonds is 78. The zero-order valence-corrected chi connectivity index (χ0v) is 65.9. The van der Waals surface area contributed by atoms with Gasteiger partial charge in [0.25, 0.3) is 0 Å². The van der Waals surface area contributed by atoms with Gasteiger partial charge in [0.05, 0.1) is 26.4 Å². The van der Waals surface area contributed by atoms with E-state index in [1.54, 1.807) is 0 Å². The standard InChI is InChI=1S/C81H150O17P2/c1-5-9-13-17-21-25-29-33-37-41-45-49-53-57-61-65-78(83)91-71-76(97-80(85)67-63-59-55-51-47-43-39-35-31-27-23-19-15-11-7-3)73-95-99(87,88)93-69-75(82)70-94-100(89,90)96-74-77(98-81(86)68-64-60-56-52-48-44-40-36-32-28-24-20-16-12-8-4)72-92-79(84)66-62-58-54-50-46-42-38-34-30-26-22-18-14-10-6-2/h33-40,75-77,82H,5-32,41-74H2,1-4H3,(H,87,88)(H,89,90). The van der Waals surface area contributed by atoms with Gasteiger partial charge in [-0.15, -0.1) is 0 Å². The first-order valence-electron chi connectivity index (χ1n) is 40.9. The number of phosphoric acid groups is 2. The number of hydrogen-bond acceptors (Lipinski definition) is 15. The summed E-state index contributed by atoms with van der Waals surface area (Å²) in [5.74, 6) is -2.17. The number of carbonyl (C=O) groups is 4. The fourth-order valence-corrected chi connectivity index (χ4v) is 13.0. The quantitative estimate of drug-likeness (QED) is 0.0169. The fourth-order valence-electron chi connectivity index (χ4n) is 11.4. The SMILES string of the molecule is CCCCCCCCC=CCCCCCCCC(=O)OCC(COP(=O)(O)OCC(O)COP(=O)(O)OCC(COC(=O)CCCCCCCC=CCCCCCCCC)OC(=O)CCCCCCCC=CCCCCCCCC)OC(=O)CCCCCCCC=CCCCCCCCC. The van der Waals surface area contributed by atoms with E-state index in [9.17, 15) is 43.2 Å². The second-order valence-electron chi connectivity index (χ2n) is 27.7. The lowest BCUT2D eigenvalue weighted by Crippen LogP contribution is -2.30. The van der Waals surface area contributed by atoms with Crippen LogP contribution in [0.5, 0.6) is 0 Å². The van der Waals surface area contributed by atoms with Gasteiger partial charge >= 0.3 is 39.5 Å². The van der Waals surface area contributed by atoms with E-state index in [1.807, 2.05) is 0 Å². The van der Waals surface area contributed by atoms with Crippen molar-refractivity contribution in [3.05, 3.63) is 48.6 Å². The van der Waals surface area contributed by atoms with E-state index in [0.717, 1.165) is 154 Å². The maximum atomic E-state index is 13.1. The maximum absolute atomic E-state index is 13.1. The van der Waals surface area contributed by atoms with Crippen molar-refractivity contribution in [1.82, 2.24) is 0 Å². The van der Waals surface area contributed by atoms with Crippen LogP contribution in [0.2, 0.25) is 0 Å². The lowest BCUT2D eigenvalue weighted by molar-refractivity contribution is -0.161. The Bertz CT molecular complexity index is 1940. The van der Waals surface area contributed by atoms with Crippen LogP contribution in [0.25, 0.3) is 0 Å². The third kappa shape index (κ3) is 73.3. The van der Waals surface area contributed by atoms with Crippen molar-refractivity contribution in [2.45, 2.75) is 406 Å². The van der Waals surface area contributed by atoms with Gasteiger partial charge in [-0.25, -0.2) is 9.13 Å². The summed E-state index contributed by atoms with van der Waals surface area (Å²) >= 11 is 0. The third-order valence-electron chi connectivity index (χ3n) is 17.7. The number of aliphatic hydroxyl groups is 1. The average molecular weight is 1460 g/mol. The molecule has 100 heavy (non-hydrogen) atoms. The lowest BCUT2D eigenvalue weighted by Gasteiger charge is -2.21. The first-order chi connectivity index (χ1) is 48.7. The Morgan fingerprint density at radius 3 is 0.690 bits per heavy atom. The van der Waals surface area contributed by atoms with Crippen molar-refractivity contribution < 1.29 is 80.2 Å². The molecule has 0 aromatic heterocycles. The molecule has 3 N–H and O–H groups in total. The minimum atomic E-state index is -4.97. The Labute approximate surface area is 610 Å². The van der Waals surface area contributed by atoms with Gasteiger partial charge in [0, 0.05) is 25.7 Å². The predicted octanol–water partition coefficient (Wildman–Crippen LogP) is 23.7. The lowest BCUT2D eigenvalue weighted by atomic mass is 10.1. The van der Waals surface area contributed by atoms with Gasteiger partial charge in [-0.3, -0.25) is 37.3 Å². The highest BCUT2D eigenvalue weighted by molar-refractivity contribution is 7.47. The Kier molecular flexibility index (Phi) is 72.1. The molecule has 0 fully saturated rings. The summed E-state index contributed by atoms with van der Waals surface area (Å²) in [5, 5.41) is 10.6. The van der Waals surface area contributed by atoms with Gasteiger partial charge in [-0.1, -0.05) is 282 Å². The molecule has 4 atom stereocenters. The molecule has 0 aliphatic heterocycles. The van der Waals surface area contributed by atoms with E-state index in [1.165, 1.54) is 154 Å². The van der Waals surface area contributed by atoms with Crippen molar-refractivity contribution in [3.63, 3.8) is 0 Å². The van der Waals surface area contributed by atoms with E-state index in [-0.39, 0.29) is 25.7 Å². The third-order valence-corrected chi connectivity index (χ3v) is 19.6. The zero-order chi connectivity index (χ0) is 73.2. The van der Waals surface area contributed by atoms with Crippen LogP contribution in [-0.2, 0) is 65.4 Å². The predicted molar refractivity (Wildman–Crippen MR) is 409 cm³/mol. The minimum Gasteiger partial charge on any atom is -0.462 e. The molecule has 0 heterocycles. The fraction of sp³-hybridized carbons (Fsp3) is 0.852. The molecule has 586 valence electrons. The Morgan fingerprint density at radius 2 is 0.460 bits per heavy atom. The molecule has 0 rings (SSSR count). The monoisotopic (exact) mass is 1460 g/mol. The van der Waals surface area contributed by atoms with Crippen LogP contribution in [0.4, 0.5) is 0 Å². The number of unbranched alkanes of at least 4 members (excludes halogenated alkanes) is 44. The number of ether oxygens (including phenoxy) is 4. The number of phosphoric ester groups is 2. The Hall–Kier alpha value is -2.98. The molecule has 17 nitrogen and oxygen atoms in total. The number of carbonyl (C=O) groups excluding carboxylic acids is 4. The molecule has 0 aliphatic carbocycles. The number of esters is 4. The van der Waals surface area contributed by atoms with Gasteiger partial charge in [-0.05, 0) is 128 Å². The van der Waals surface area contributed by atoms with Crippen molar-refractivity contribution in [1.29, 1.82) is 0 Å². The first kappa shape index (κ1) is 97.0. The van der Waals surface area contributed by atoms with Crippen LogP contribution in [-0.4, -0.2) is 96.7 Å². The molecule has 0 saturated heterocycles. The molecule has 0 spiro atoms. The van der Waals surface area contributed by atoms with Crippen LogP contribution in [0.15, 0.2) is 48.6 Å². The largest absolute Gasteiger partial charge is 0.472 e. The Morgan fingerprint density at radius 1 is 0.270 bits per heavy atom. The molecule has 0 amide bonds. The smallest absolute Gasteiger partial charge is 0.462 e. The molecular weight excluding hydrogens is 1310 g/mol. The summed E-state index contributed by atoms with van der Waals surface area (Å²) in [5.41, 5.74) is 0. The van der Waals surface area contributed by atoms with E-state index in [0.29, 0.717) is 25.7 Å². The highest BCUT2D eigenvalue weighted by Crippen LogP contribution is 2.45. The highest BCUT2D eigenvalue weighted by Gasteiger charge is 2.30. The Balaban J connectivity index is 5.34. The van der Waals surface area contributed by atoms with E-state index in [2.05, 4.69) is 76.3 Å². The average Bonchev–Trinajstić information content (AvgIpc) is 1.01. The summed E-state index contributed by atoms with van der Waals surface area (Å²) in [4.78, 5) is 73.0. The molecular formula is C81H150O17P2. The second-order valence-corrected chi connectivity index (χ2v) is 30.6. The molecule has 0 aromatic carbocycles. The second kappa shape index (κ2) is 74.3. The number of aliphatic hydroxyl groups excluding tert-OH is 1. The van der Waals surface area contributed by atoms with Gasteiger partial charge in [0.1, 0.15) is 19.3 Å². The number of hydrogen-bond donors (Lipinski definition) is 3. The van der Waals surface area contributed by atoms with Gasteiger partial charge in [-0.2, -0.15) is 0 Å². The van der Waals surface area contributed by atoms with E-state index < -0.39 is 97.5 Å². The normalized spacial score (nSPS) is 14.1. The van der Waals surface area contributed by atoms with Crippen LogP contribution in [0.3, 0.4) is 0 Å². The molecule has 0 aromatic rings. The molecule has 19 heteroatoms. The van der Waals surface area contributed by atoms with Gasteiger partial charge in [0.15, 0.2) is 12.2 Å². The molecule has 0 aliphatic rings. The van der Waals surface area contributed by atoms with E-state index in [4.69, 9.17) is 37.0 Å². The van der Waals surface area contributed by atoms with Crippen molar-refractivity contribution in [2.75, 3.05) is 39.6 Å². The topological polar surface area (TPSA) is 237 Å². The van der Waals surface area contributed by atoms with Gasteiger partial charge in [0.2, 0.25) is 0 Å². The van der Waals surface area contributed by atoms with E-state index >= 15 is 0 Å². The molecule has 0 saturated carbocycles. The summed E-state index contributed by atoms with van der Waals surface area (Å²) in [7, 11) is -9.95. The summed E-state index contributed by atoms with van der Waals surface area (Å²) < 4.78 is 68.6.